The maximum atomic E-state index is 13.1. The van der Waals surface area contributed by atoms with Crippen molar-refractivity contribution in [2.45, 2.75) is 26.7 Å². The summed E-state index contributed by atoms with van der Waals surface area (Å²) in [6.07, 6.45) is 3.04. The molecule has 1 saturated heterocycles. The number of amides is 2. The smallest absolute Gasteiger partial charge is 0.240 e. The van der Waals surface area contributed by atoms with Gasteiger partial charge in [0.1, 0.15) is 11.2 Å². The highest BCUT2D eigenvalue weighted by Gasteiger charge is 2.58. The van der Waals surface area contributed by atoms with Crippen LogP contribution >= 0.6 is 0 Å². The summed E-state index contributed by atoms with van der Waals surface area (Å²) in [5, 5.41) is 3.00. The number of carbonyl (C=O) groups excluding carboxylic acids is 2. The Morgan fingerprint density at radius 2 is 1.79 bits per heavy atom. The summed E-state index contributed by atoms with van der Waals surface area (Å²) in [7, 11) is 0. The molecule has 146 valence electrons. The Bertz CT molecular complexity index is 885. The Kier molecular flexibility index (Phi) is 4.79. The lowest BCUT2D eigenvalue weighted by molar-refractivity contribution is -0.142. The summed E-state index contributed by atoms with van der Waals surface area (Å²) in [6, 6.07) is 11.8. The van der Waals surface area contributed by atoms with Crippen molar-refractivity contribution in [2.24, 2.45) is 5.41 Å². The summed E-state index contributed by atoms with van der Waals surface area (Å²) in [5.74, 6) is 0.734. The van der Waals surface area contributed by atoms with E-state index in [1.807, 2.05) is 55.1 Å². The fourth-order valence-electron chi connectivity index (χ4n) is 3.76. The molecule has 0 atom stereocenters. The van der Waals surface area contributed by atoms with E-state index in [2.05, 4.69) is 15.2 Å². The molecule has 1 N–H and O–H groups in total. The number of hydrogen-bond acceptors (Lipinski definition) is 4. The van der Waals surface area contributed by atoms with Crippen molar-refractivity contribution in [1.82, 2.24) is 9.88 Å². The van der Waals surface area contributed by atoms with Crippen molar-refractivity contribution in [1.29, 1.82) is 0 Å². The zero-order valence-electron chi connectivity index (χ0n) is 16.4. The Hall–Kier alpha value is -2.89. The second kappa shape index (κ2) is 7.26. The van der Waals surface area contributed by atoms with Gasteiger partial charge >= 0.3 is 0 Å². The average molecular weight is 378 g/mol. The molecule has 28 heavy (non-hydrogen) atoms. The molecule has 1 aliphatic heterocycles. The number of carbonyl (C=O) groups is 2. The van der Waals surface area contributed by atoms with E-state index in [0.717, 1.165) is 35.7 Å². The van der Waals surface area contributed by atoms with Gasteiger partial charge in [-0.2, -0.15) is 0 Å². The molecule has 1 aromatic carbocycles. The highest BCUT2D eigenvalue weighted by molar-refractivity contribution is 6.13. The molecule has 2 aromatic rings. The van der Waals surface area contributed by atoms with Crippen LogP contribution in [0.4, 0.5) is 11.5 Å². The van der Waals surface area contributed by atoms with Gasteiger partial charge in [0.25, 0.3) is 0 Å². The number of benzene rings is 1. The van der Waals surface area contributed by atoms with Gasteiger partial charge in [0, 0.05) is 38.1 Å². The zero-order chi connectivity index (χ0) is 19.7. The Labute approximate surface area is 165 Å². The van der Waals surface area contributed by atoms with E-state index in [9.17, 15) is 9.59 Å². The number of pyridine rings is 1. The molecule has 1 aliphatic carbocycles. The fraction of sp³-hybridized carbons (Fsp3) is 0.409. The first kappa shape index (κ1) is 18.5. The minimum Gasteiger partial charge on any atom is -0.353 e. The number of nitrogens with zero attached hydrogens (tertiary/aromatic N) is 3. The molecule has 1 saturated carbocycles. The van der Waals surface area contributed by atoms with Crippen LogP contribution in [0.2, 0.25) is 0 Å². The van der Waals surface area contributed by atoms with E-state index in [-0.39, 0.29) is 11.8 Å². The molecule has 2 fully saturated rings. The zero-order valence-corrected chi connectivity index (χ0v) is 16.4. The third kappa shape index (κ3) is 3.46. The third-order valence-corrected chi connectivity index (χ3v) is 5.78. The molecule has 2 heterocycles. The summed E-state index contributed by atoms with van der Waals surface area (Å²) >= 11 is 0. The lowest BCUT2D eigenvalue weighted by Gasteiger charge is -2.37. The normalized spacial score (nSPS) is 17.9. The van der Waals surface area contributed by atoms with Crippen LogP contribution < -0.4 is 10.2 Å². The van der Waals surface area contributed by atoms with Gasteiger partial charge in [-0.05, 0) is 56.0 Å². The first-order valence-electron chi connectivity index (χ1n) is 9.84. The highest BCUT2D eigenvalue weighted by atomic mass is 16.2. The Morgan fingerprint density at radius 1 is 1.04 bits per heavy atom. The van der Waals surface area contributed by atoms with Crippen LogP contribution in [0.25, 0.3) is 0 Å². The fourth-order valence-corrected chi connectivity index (χ4v) is 3.76. The van der Waals surface area contributed by atoms with Gasteiger partial charge < -0.3 is 15.1 Å². The molecule has 4 rings (SSSR count). The van der Waals surface area contributed by atoms with Gasteiger partial charge in [0.15, 0.2) is 0 Å². The molecule has 2 amide bonds. The second-order valence-corrected chi connectivity index (χ2v) is 7.82. The van der Waals surface area contributed by atoms with Gasteiger partial charge in [0.2, 0.25) is 11.8 Å². The molecule has 6 heteroatoms. The predicted octanol–water partition coefficient (Wildman–Crippen LogP) is 2.77. The number of piperazine rings is 1. The predicted molar refractivity (Wildman–Crippen MR) is 109 cm³/mol. The third-order valence-electron chi connectivity index (χ3n) is 5.78. The Balaban J connectivity index is 1.40. The molecule has 0 unspecified atom stereocenters. The summed E-state index contributed by atoms with van der Waals surface area (Å²) in [4.78, 5) is 34.5. The van der Waals surface area contributed by atoms with Crippen LogP contribution in [0, 0.1) is 19.3 Å². The van der Waals surface area contributed by atoms with Crippen LogP contribution in [0.1, 0.15) is 24.0 Å². The molecular formula is C22H26N4O2. The molecular weight excluding hydrogens is 352 g/mol. The van der Waals surface area contributed by atoms with Crippen molar-refractivity contribution in [3.05, 3.63) is 53.7 Å². The SMILES string of the molecule is Cc1ccc(C)c(NC(=O)C2(C(=O)N3CCN(c4ccccn4)CC3)CC2)c1. The average Bonchev–Trinajstić information content (AvgIpc) is 3.53. The first-order valence-corrected chi connectivity index (χ1v) is 9.84. The second-order valence-electron chi connectivity index (χ2n) is 7.82. The topological polar surface area (TPSA) is 65.5 Å². The minimum absolute atomic E-state index is 0.0315. The van der Waals surface area contributed by atoms with E-state index in [4.69, 9.17) is 0 Å². The largest absolute Gasteiger partial charge is 0.353 e. The van der Waals surface area contributed by atoms with Gasteiger partial charge in [-0.25, -0.2) is 4.98 Å². The minimum atomic E-state index is -0.886. The number of aromatic nitrogens is 1. The van der Waals surface area contributed by atoms with E-state index < -0.39 is 5.41 Å². The van der Waals surface area contributed by atoms with Gasteiger partial charge in [0.05, 0.1) is 0 Å². The van der Waals surface area contributed by atoms with Crippen molar-refractivity contribution in [3.8, 4) is 0 Å². The van der Waals surface area contributed by atoms with E-state index in [1.54, 1.807) is 6.20 Å². The van der Waals surface area contributed by atoms with Crippen LogP contribution in [0.5, 0.6) is 0 Å². The van der Waals surface area contributed by atoms with Crippen LogP contribution in [-0.4, -0.2) is 47.9 Å². The molecule has 0 bridgehead atoms. The number of anilines is 2. The number of hydrogen-bond donors (Lipinski definition) is 1. The molecule has 1 aromatic heterocycles. The molecule has 0 radical (unpaired) electrons. The number of aryl methyl sites for hydroxylation is 2. The Morgan fingerprint density at radius 3 is 2.43 bits per heavy atom. The van der Waals surface area contributed by atoms with Crippen molar-refractivity contribution < 1.29 is 9.59 Å². The van der Waals surface area contributed by atoms with E-state index in [0.29, 0.717) is 25.9 Å². The first-order chi connectivity index (χ1) is 13.5. The van der Waals surface area contributed by atoms with Gasteiger partial charge in [-0.3, -0.25) is 9.59 Å². The van der Waals surface area contributed by atoms with E-state index >= 15 is 0 Å². The quantitative estimate of drug-likeness (QED) is 0.831. The molecule has 2 aliphatic rings. The lowest BCUT2D eigenvalue weighted by atomic mass is 10.0. The standard InChI is InChI=1S/C22H26N4O2/c1-16-6-7-17(2)18(15-16)24-20(27)22(8-9-22)21(28)26-13-11-25(12-14-26)19-5-3-4-10-23-19/h3-7,10,15H,8-9,11-14H2,1-2H3,(H,24,27). The van der Waals surface area contributed by atoms with Crippen LogP contribution in [-0.2, 0) is 9.59 Å². The summed E-state index contributed by atoms with van der Waals surface area (Å²) in [5.41, 5.74) is 2.00. The van der Waals surface area contributed by atoms with Crippen molar-refractivity contribution in [2.75, 3.05) is 36.4 Å². The maximum absolute atomic E-state index is 13.1. The molecule has 6 nitrogen and oxygen atoms in total. The van der Waals surface area contributed by atoms with Gasteiger partial charge in [-0.1, -0.05) is 18.2 Å². The van der Waals surface area contributed by atoms with Crippen LogP contribution in [0.15, 0.2) is 42.6 Å². The van der Waals surface area contributed by atoms with Crippen molar-refractivity contribution >= 4 is 23.3 Å². The lowest BCUT2D eigenvalue weighted by Crippen LogP contribution is -2.52. The van der Waals surface area contributed by atoms with E-state index in [1.165, 1.54) is 0 Å². The number of rotatable bonds is 4. The van der Waals surface area contributed by atoms with Crippen molar-refractivity contribution in [3.63, 3.8) is 0 Å². The number of nitrogens with one attached hydrogen (secondary N) is 1. The highest BCUT2D eigenvalue weighted by Crippen LogP contribution is 2.48. The monoisotopic (exact) mass is 378 g/mol. The van der Waals surface area contributed by atoms with Gasteiger partial charge in [-0.15, -0.1) is 0 Å². The molecule has 0 spiro atoms. The summed E-state index contributed by atoms with van der Waals surface area (Å²) < 4.78 is 0. The van der Waals surface area contributed by atoms with Crippen LogP contribution in [0.3, 0.4) is 0 Å². The summed E-state index contributed by atoms with van der Waals surface area (Å²) in [6.45, 7) is 6.66. The maximum Gasteiger partial charge on any atom is 0.240 e.